The van der Waals surface area contributed by atoms with Gasteiger partial charge in [0.1, 0.15) is 18.1 Å². The first-order chi connectivity index (χ1) is 20.7. The number of anilines is 1. The number of piperidine rings is 1. The number of carbonyl (C=O) groups is 2. The molecule has 0 bridgehead atoms. The molecule has 1 N–H and O–H groups in total. The van der Waals surface area contributed by atoms with Crippen LogP contribution >= 0.6 is 23.4 Å². The van der Waals surface area contributed by atoms with Gasteiger partial charge in [0, 0.05) is 55.4 Å². The van der Waals surface area contributed by atoms with Crippen LogP contribution in [0.3, 0.4) is 0 Å². The third-order valence-corrected chi connectivity index (χ3v) is 8.97. The molecule has 3 heterocycles. The normalized spacial score (nSPS) is 15.6. The molecule has 10 nitrogen and oxygen atoms in total. The average molecular weight is 630 g/mol. The summed E-state index contributed by atoms with van der Waals surface area (Å²) >= 11 is 7.65. The smallest absolute Gasteiger partial charge is 0.331 e. The molecule has 228 valence electrons. The van der Waals surface area contributed by atoms with Crippen LogP contribution in [0.15, 0.2) is 52.2 Å². The lowest BCUT2D eigenvalue weighted by atomic mass is 10.0. The van der Waals surface area contributed by atoms with Gasteiger partial charge < -0.3 is 19.9 Å². The van der Waals surface area contributed by atoms with Gasteiger partial charge in [0.25, 0.3) is 5.56 Å². The van der Waals surface area contributed by atoms with Gasteiger partial charge >= 0.3 is 11.7 Å². The van der Waals surface area contributed by atoms with Crippen molar-refractivity contribution in [2.45, 2.75) is 38.4 Å². The number of hydrogen-bond acceptors (Lipinski definition) is 6. The van der Waals surface area contributed by atoms with Crippen LogP contribution in [-0.2, 0) is 24.3 Å². The number of fused-ring (bicyclic) bond motifs is 1. The fraction of sp³-hybridized carbons (Fsp3) is 0.400. The molecule has 2 aromatic carbocycles. The fourth-order valence-electron chi connectivity index (χ4n) is 5.62. The minimum Gasteiger partial charge on any atom is -0.497 e. The largest absolute Gasteiger partial charge is 0.497 e. The number of halogens is 2. The molecule has 5 rings (SSSR count). The van der Waals surface area contributed by atoms with E-state index in [0.717, 1.165) is 21.6 Å². The third kappa shape index (κ3) is 6.45. The van der Waals surface area contributed by atoms with Gasteiger partial charge in [-0.25, -0.2) is 14.0 Å². The zero-order chi connectivity index (χ0) is 30.7. The van der Waals surface area contributed by atoms with Crippen LogP contribution in [0.4, 0.5) is 14.9 Å². The van der Waals surface area contributed by atoms with Gasteiger partial charge in [-0.05, 0) is 55.3 Å². The van der Waals surface area contributed by atoms with E-state index in [-0.39, 0.29) is 47.2 Å². The Morgan fingerprint density at radius 2 is 1.88 bits per heavy atom. The molecule has 3 amide bonds. The number of nitrogens with one attached hydrogen (secondary N) is 1. The summed E-state index contributed by atoms with van der Waals surface area (Å²) < 4.78 is 21.8. The molecule has 43 heavy (non-hydrogen) atoms. The van der Waals surface area contributed by atoms with Crippen molar-refractivity contribution < 1.29 is 18.7 Å². The predicted molar refractivity (Wildman–Crippen MR) is 166 cm³/mol. The monoisotopic (exact) mass is 629 g/mol. The van der Waals surface area contributed by atoms with Gasteiger partial charge in [0.2, 0.25) is 5.91 Å². The van der Waals surface area contributed by atoms with Crippen molar-refractivity contribution in [2.24, 2.45) is 0 Å². The summed E-state index contributed by atoms with van der Waals surface area (Å²) in [6.45, 7) is 1.22. The fourth-order valence-corrected chi connectivity index (χ4v) is 6.21. The van der Waals surface area contributed by atoms with Crippen LogP contribution in [0.5, 0.6) is 5.75 Å². The number of thioether (sulfide) groups is 1. The molecule has 3 aromatic rings. The highest BCUT2D eigenvalue weighted by atomic mass is 35.5. The van der Waals surface area contributed by atoms with E-state index in [1.54, 1.807) is 12.0 Å². The molecule has 1 fully saturated rings. The highest BCUT2D eigenvalue weighted by Crippen LogP contribution is 2.29. The van der Waals surface area contributed by atoms with E-state index in [4.69, 9.17) is 16.3 Å². The molecule has 1 aromatic heterocycles. The molecular formula is C30H33ClFN5O5S. The summed E-state index contributed by atoms with van der Waals surface area (Å²) in [6.07, 6.45) is 5.00. The van der Waals surface area contributed by atoms with Crippen LogP contribution in [0.25, 0.3) is 11.1 Å². The van der Waals surface area contributed by atoms with Gasteiger partial charge in [-0.1, -0.05) is 23.7 Å². The van der Waals surface area contributed by atoms with Crippen LogP contribution in [0.1, 0.15) is 18.4 Å². The molecule has 0 unspecified atom stereocenters. The second-order valence-corrected chi connectivity index (χ2v) is 11.9. The minimum atomic E-state index is -0.687. The van der Waals surface area contributed by atoms with Gasteiger partial charge in [0.05, 0.1) is 17.7 Å². The van der Waals surface area contributed by atoms with Gasteiger partial charge in [-0.2, -0.15) is 11.8 Å². The van der Waals surface area contributed by atoms with E-state index in [9.17, 15) is 23.6 Å². The topological polar surface area (TPSA) is 106 Å². The number of benzene rings is 2. The lowest BCUT2D eigenvalue weighted by Crippen LogP contribution is -2.51. The molecule has 0 radical (unpaired) electrons. The predicted octanol–water partition coefficient (Wildman–Crippen LogP) is 3.92. The molecule has 13 heteroatoms. The van der Waals surface area contributed by atoms with Crippen molar-refractivity contribution in [1.29, 1.82) is 0 Å². The van der Waals surface area contributed by atoms with Crippen molar-refractivity contribution in [3.05, 3.63) is 79.8 Å². The summed E-state index contributed by atoms with van der Waals surface area (Å²) in [4.78, 5) is 56.5. The molecule has 0 aliphatic carbocycles. The van der Waals surface area contributed by atoms with E-state index >= 15 is 0 Å². The Hall–Kier alpha value is -3.77. The second-order valence-electron chi connectivity index (χ2n) is 10.5. The Bertz CT molecular complexity index is 1650. The zero-order valence-electron chi connectivity index (χ0n) is 24.0. The summed E-state index contributed by atoms with van der Waals surface area (Å²) in [5, 5.41) is 2.77. The van der Waals surface area contributed by atoms with Gasteiger partial charge in [0.15, 0.2) is 0 Å². The first kappa shape index (κ1) is 30.7. The first-order valence-electron chi connectivity index (χ1n) is 14.0. The zero-order valence-corrected chi connectivity index (χ0v) is 25.5. The maximum absolute atomic E-state index is 14.2. The van der Waals surface area contributed by atoms with E-state index in [0.29, 0.717) is 44.6 Å². The van der Waals surface area contributed by atoms with Crippen molar-refractivity contribution in [3.8, 4) is 16.9 Å². The lowest BCUT2D eigenvalue weighted by Gasteiger charge is -2.38. The van der Waals surface area contributed by atoms with Crippen molar-refractivity contribution in [2.75, 3.05) is 44.1 Å². The number of aromatic nitrogens is 2. The van der Waals surface area contributed by atoms with Crippen molar-refractivity contribution in [3.63, 3.8) is 0 Å². The maximum atomic E-state index is 14.2. The van der Waals surface area contributed by atoms with Crippen LogP contribution < -0.4 is 21.3 Å². The number of methoxy groups -OCH3 is 1. The van der Waals surface area contributed by atoms with E-state index in [1.165, 1.54) is 40.7 Å². The van der Waals surface area contributed by atoms with Crippen molar-refractivity contribution >= 4 is 41.0 Å². The quantitative estimate of drug-likeness (QED) is 0.405. The van der Waals surface area contributed by atoms with E-state index in [1.807, 2.05) is 29.4 Å². The molecule has 2 aliphatic rings. The van der Waals surface area contributed by atoms with Gasteiger partial charge in [-0.15, -0.1) is 0 Å². The van der Waals surface area contributed by atoms with Crippen LogP contribution in [0, 0.1) is 5.82 Å². The number of likely N-dealkylation sites (tertiary alicyclic amines) is 1. The molecule has 1 saturated heterocycles. The molecule has 0 spiro atoms. The van der Waals surface area contributed by atoms with E-state index < -0.39 is 17.1 Å². The molecule has 2 aliphatic heterocycles. The average Bonchev–Trinajstić information content (AvgIpc) is 3.17. The minimum absolute atomic E-state index is 0.0434. The van der Waals surface area contributed by atoms with Crippen LogP contribution in [-0.4, -0.2) is 75.7 Å². The Balaban J connectivity index is 1.30. The maximum Gasteiger partial charge on any atom is 0.331 e. The number of rotatable bonds is 8. The Morgan fingerprint density at radius 1 is 1.12 bits per heavy atom. The second kappa shape index (κ2) is 13.3. The molecule has 0 atom stereocenters. The number of urea groups is 1. The highest BCUT2D eigenvalue weighted by molar-refractivity contribution is 7.98. The highest BCUT2D eigenvalue weighted by Gasteiger charge is 2.32. The third-order valence-electron chi connectivity index (χ3n) is 8.00. The van der Waals surface area contributed by atoms with Crippen molar-refractivity contribution in [1.82, 2.24) is 18.9 Å². The van der Waals surface area contributed by atoms with Gasteiger partial charge in [-0.3, -0.25) is 18.7 Å². The number of nitrogens with zero attached hydrogens (tertiary/aromatic N) is 4. The standard InChI is InChI=1S/C30H33ClFN5O5S/c1-42-21-6-7-25-19(16-21)8-13-36(29(40)33-25)20-9-11-34(12-10-20)26(38)18-35-17-23(22-4-3-5-24(32)27(22)31)28(39)37(30(35)41)14-15-43-2/h3-7,16-17,20H,8-15,18H2,1-2H3,(H,33,40). The number of carbonyl (C=O) groups excluding carboxylic acids is 2. The summed E-state index contributed by atoms with van der Waals surface area (Å²) in [5.74, 6) is 0.261. The number of amides is 3. The number of hydrogen-bond donors (Lipinski definition) is 1. The Kier molecular flexibility index (Phi) is 9.46. The summed E-state index contributed by atoms with van der Waals surface area (Å²) in [5.41, 5.74) is 0.768. The lowest BCUT2D eigenvalue weighted by molar-refractivity contribution is -0.133. The molecule has 0 saturated carbocycles. The Labute approximate surface area is 257 Å². The summed E-state index contributed by atoms with van der Waals surface area (Å²) in [6, 6.07) is 9.51. The molecular weight excluding hydrogens is 597 g/mol. The number of ether oxygens (including phenoxy) is 1. The first-order valence-corrected chi connectivity index (χ1v) is 15.8. The summed E-state index contributed by atoms with van der Waals surface area (Å²) in [7, 11) is 1.61. The van der Waals surface area contributed by atoms with Crippen LogP contribution in [0.2, 0.25) is 5.02 Å². The SMILES string of the molecule is COc1ccc2c(c1)CCN(C1CCN(C(=O)Cn3cc(-c4cccc(F)c4Cl)c(=O)n(CCSC)c3=O)CC1)C(=O)N2. The Morgan fingerprint density at radius 3 is 2.60 bits per heavy atom. The van der Waals surface area contributed by atoms with E-state index in [2.05, 4.69) is 5.32 Å².